The SMILES string of the molecule is O=C(O)C1NCCC1c1cc(Cl)ccc1F. The molecule has 2 rings (SSSR count). The van der Waals surface area contributed by atoms with Gasteiger partial charge in [0.05, 0.1) is 0 Å². The Morgan fingerprint density at radius 2 is 2.31 bits per heavy atom. The molecule has 0 aliphatic carbocycles. The molecule has 86 valence electrons. The van der Waals surface area contributed by atoms with Crippen LogP contribution in [-0.2, 0) is 4.79 Å². The van der Waals surface area contributed by atoms with E-state index in [-0.39, 0.29) is 5.92 Å². The molecule has 1 aliphatic rings. The van der Waals surface area contributed by atoms with Gasteiger partial charge in [-0.15, -0.1) is 0 Å². The Morgan fingerprint density at radius 1 is 1.56 bits per heavy atom. The van der Waals surface area contributed by atoms with Gasteiger partial charge < -0.3 is 10.4 Å². The first-order valence-corrected chi connectivity index (χ1v) is 5.38. The van der Waals surface area contributed by atoms with E-state index >= 15 is 0 Å². The standard InChI is InChI=1S/C11H11ClFNO2/c12-6-1-2-9(13)8(5-6)7-3-4-14-10(7)11(15)16/h1-2,5,7,10,14H,3-4H2,(H,15,16). The second-order valence-corrected chi connectivity index (χ2v) is 4.27. The van der Waals surface area contributed by atoms with Crippen LogP contribution in [0.25, 0.3) is 0 Å². The first-order valence-electron chi connectivity index (χ1n) is 5.00. The van der Waals surface area contributed by atoms with Crippen molar-refractivity contribution in [2.45, 2.75) is 18.4 Å². The predicted molar refractivity (Wildman–Crippen MR) is 58.2 cm³/mol. The Balaban J connectivity index is 2.35. The van der Waals surface area contributed by atoms with Gasteiger partial charge in [0.1, 0.15) is 11.9 Å². The van der Waals surface area contributed by atoms with E-state index in [0.717, 1.165) is 0 Å². The second-order valence-electron chi connectivity index (χ2n) is 3.83. The topological polar surface area (TPSA) is 49.3 Å². The van der Waals surface area contributed by atoms with E-state index in [4.69, 9.17) is 16.7 Å². The second kappa shape index (κ2) is 4.39. The molecule has 2 N–H and O–H groups in total. The minimum Gasteiger partial charge on any atom is -0.480 e. The molecule has 0 bridgehead atoms. The zero-order chi connectivity index (χ0) is 11.7. The van der Waals surface area contributed by atoms with Crippen molar-refractivity contribution < 1.29 is 14.3 Å². The number of hydrogen-bond acceptors (Lipinski definition) is 2. The normalized spacial score (nSPS) is 24.6. The third-order valence-electron chi connectivity index (χ3n) is 2.85. The van der Waals surface area contributed by atoms with Gasteiger partial charge in [-0.2, -0.15) is 0 Å². The summed E-state index contributed by atoms with van der Waals surface area (Å²) in [6.07, 6.45) is 0.605. The highest BCUT2D eigenvalue weighted by Gasteiger charge is 2.35. The van der Waals surface area contributed by atoms with Crippen LogP contribution in [0.1, 0.15) is 17.9 Å². The maximum absolute atomic E-state index is 13.6. The predicted octanol–water partition coefficient (Wildman–Crippen LogP) is 2.01. The van der Waals surface area contributed by atoms with Gasteiger partial charge in [-0.25, -0.2) is 4.39 Å². The zero-order valence-corrected chi connectivity index (χ0v) is 9.17. The summed E-state index contributed by atoms with van der Waals surface area (Å²) in [7, 11) is 0. The molecule has 5 heteroatoms. The highest BCUT2D eigenvalue weighted by atomic mass is 35.5. The molecule has 1 heterocycles. The molecular weight excluding hydrogens is 233 g/mol. The molecule has 0 aromatic heterocycles. The van der Waals surface area contributed by atoms with E-state index in [9.17, 15) is 9.18 Å². The molecule has 16 heavy (non-hydrogen) atoms. The number of carboxylic acids is 1. The third kappa shape index (κ3) is 2.03. The number of aliphatic carboxylic acids is 1. The van der Waals surface area contributed by atoms with Crippen molar-refractivity contribution in [3.05, 3.63) is 34.6 Å². The van der Waals surface area contributed by atoms with Gasteiger partial charge in [0, 0.05) is 10.9 Å². The largest absolute Gasteiger partial charge is 0.480 e. The number of benzene rings is 1. The summed E-state index contributed by atoms with van der Waals surface area (Å²) in [6.45, 7) is 0.577. The minimum atomic E-state index is -0.957. The molecule has 2 unspecified atom stereocenters. The van der Waals surface area contributed by atoms with Crippen LogP contribution in [0.4, 0.5) is 4.39 Å². The Labute approximate surface area is 97.2 Å². The van der Waals surface area contributed by atoms with Crippen LogP contribution in [0.5, 0.6) is 0 Å². The van der Waals surface area contributed by atoms with Crippen LogP contribution < -0.4 is 5.32 Å². The van der Waals surface area contributed by atoms with Crippen molar-refractivity contribution >= 4 is 17.6 Å². The van der Waals surface area contributed by atoms with E-state index in [1.54, 1.807) is 0 Å². The van der Waals surface area contributed by atoms with Crippen LogP contribution in [0.2, 0.25) is 5.02 Å². The van der Waals surface area contributed by atoms with Crippen molar-refractivity contribution in [3.8, 4) is 0 Å². The summed E-state index contributed by atoms with van der Waals surface area (Å²) in [5.41, 5.74) is 0.380. The first kappa shape index (κ1) is 11.4. The molecular formula is C11H11ClFNO2. The van der Waals surface area contributed by atoms with Crippen molar-refractivity contribution in [3.63, 3.8) is 0 Å². The van der Waals surface area contributed by atoms with Crippen molar-refractivity contribution in [2.24, 2.45) is 0 Å². The van der Waals surface area contributed by atoms with E-state index in [1.807, 2.05) is 0 Å². The number of rotatable bonds is 2. The third-order valence-corrected chi connectivity index (χ3v) is 3.08. The maximum atomic E-state index is 13.6. The van der Waals surface area contributed by atoms with E-state index in [2.05, 4.69) is 5.32 Å². The molecule has 1 aromatic rings. The summed E-state index contributed by atoms with van der Waals surface area (Å²) < 4.78 is 13.6. The van der Waals surface area contributed by atoms with Crippen molar-refractivity contribution in [2.75, 3.05) is 6.54 Å². The van der Waals surface area contributed by atoms with Crippen molar-refractivity contribution in [1.82, 2.24) is 5.32 Å². The average Bonchev–Trinajstić information content (AvgIpc) is 2.70. The lowest BCUT2D eigenvalue weighted by molar-refractivity contribution is -0.139. The molecule has 0 spiro atoms. The number of carbonyl (C=O) groups is 1. The average molecular weight is 244 g/mol. The lowest BCUT2D eigenvalue weighted by Crippen LogP contribution is -2.34. The Bertz CT molecular complexity index is 424. The van der Waals surface area contributed by atoms with E-state index < -0.39 is 17.8 Å². The number of halogens is 2. The smallest absolute Gasteiger partial charge is 0.321 e. The van der Waals surface area contributed by atoms with Gasteiger partial charge in [0.15, 0.2) is 0 Å². The summed E-state index contributed by atoms with van der Waals surface area (Å²) in [5, 5.41) is 12.3. The van der Waals surface area contributed by atoms with E-state index in [1.165, 1.54) is 18.2 Å². The number of hydrogen-bond donors (Lipinski definition) is 2. The molecule has 1 aliphatic heterocycles. The van der Waals surface area contributed by atoms with Crippen LogP contribution in [-0.4, -0.2) is 23.7 Å². The molecule has 0 saturated carbocycles. The van der Waals surface area contributed by atoms with Crippen LogP contribution in [0, 0.1) is 5.82 Å². The van der Waals surface area contributed by atoms with E-state index in [0.29, 0.717) is 23.6 Å². The fraction of sp³-hybridized carbons (Fsp3) is 0.364. The first-order chi connectivity index (χ1) is 7.59. The fourth-order valence-electron chi connectivity index (χ4n) is 2.10. The quantitative estimate of drug-likeness (QED) is 0.836. The van der Waals surface area contributed by atoms with Crippen LogP contribution >= 0.6 is 11.6 Å². The molecule has 1 saturated heterocycles. The molecule has 1 fully saturated rings. The lowest BCUT2D eigenvalue weighted by atomic mass is 9.91. The molecule has 0 amide bonds. The Hall–Kier alpha value is -1.13. The lowest BCUT2D eigenvalue weighted by Gasteiger charge is -2.16. The molecule has 2 atom stereocenters. The summed E-state index contributed by atoms with van der Waals surface area (Å²) in [5.74, 6) is -1.71. The van der Waals surface area contributed by atoms with Gasteiger partial charge in [0.2, 0.25) is 0 Å². The molecule has 0 radical (unpaired) electrons. The van der Waals surface area contributed by atoms with Gasteiger partial charge in [-0.1, -0.05) is 11.6 Å². The number of nitrogens with one attached hydrogen (secondary N) is 1. The monoisotopic (exact) mass is 243 g/mol. The van der Waals surface area contributed by atoms with Crippen molar-refractivity contribution in [1.29, 1.82) is 0 Å². The summed E-state index contributed by atoms with van der Waals surface area (Å²) in [6, 6.07) is 3.51. The zero-order valence-electron chi connectivity index (χ0n) is 8.41. The van der Waals surface area contributed by atoms with Crippen LogP contribution in [0.15, 0.2) is 18.2 Å². The van der Waals surface area contributed by atoms with Gasteiger partial charge in [-0.05, 0) is 36.7 Å². The highest BCUT2D eigenvalue weighted by Crippen LogP contribution is 2.31. The summed E-state index contributed by atoms with van der Waals surface area (Å²) in [4.78, 5) is 11.0. The highest BCUT2D eigenvalue weighted by molar-refractivity contribution is 6.30. The number of carboxylic acid groups (broad SMARTS) is 1. The summed E-state index contributed by atoms with van der Waals surface area (Å²) >= 11 is 5.79. The Kier molecular flexibility index (Phi) is 3.12. The van der Waals surface area contributed by atoms with Crippen LogP contribution in [0.3, 0.4) is 0 Å². The van der Waals surface area contributed by atoms with Gasteiger partial charge >= 0.3 is 5.97 Å². The fourth-order valence-corrected chi connectivity index (χ4v) is 2.28. The minimum absolute atomic E-state index is 0.351. The maximum Gasteiger partial charge on any atom is 0.321 e. The van der Waals surface area contributed by atoms with Gasteiger partial charge in [-0.3, -0.25) is 4.79 Å². The Morgan fingerprint density at radius 3 is 3.00 bits per heavy atom. The van der Waals surface area contributed by atoms with Gasteiger partial charge in [0.25, 0.3) is 0 Å². The molecule has 1 aromatic carbocycles. The molecule has 3 nitrogen and oxygen atoms in total.